The number of hydrogen-bond donors (Lipinski definition) is 2. The summed E-state index contributed by atoms with van der Waals surface area (Å²) in [5.74, 6) is 0.529. The van der Waals surface area contributed by atoms with Crippen LogP contribution in [0, 0.1) is 0 Å². The third-order valence-corrected chi connectivity index (χ3v) is 1.09. The third kappa shape index (κ3) is 3.95. The Hall–Kier alpha value is -0.220. The van der Waals surface area contributed by atoms with Crippen molar-refractivity contribution in [3.05, 3.63) is 0 Å². The van der Waals surface area contributed by atoms with E-state index in [4.69, 9.17) is 0 Å². The molecule has 0 atom stereocenters. The Bertz CT molecular complexity index is 68.4. The number of amides is 1. The van der Waals surface area contributed by atoms with Crippen LogP contribution in [-0.2, 0) is 4.79 Å². The molecule has 3 nitrogen and oxygen atoms in total. The van der Waals surface area contributed by atoms with E-state index in [9.17, 15) is 4.79 Å². The molecule has 0 aliphatic heterocycles. The molecule has 0 radical (unpaired) electrons. The molecule has 8 heavy (non-hydrogen) atoms. The molecule has 0 aromatic carbocycles. The minimum Gasteiger partial charge on any atom is -0.291 e. The van der Waals surface area contributed by atoms with E-state index in [0.717, 1.165) is 0 Å². The van der Waals surface area contributed by atoms with Crippen LogP contribution in [-0.4, -0.2) is 25.0 Å². The van der Waals surface area contributed by atoms with Crippen LogP contribution in [0.3, 0.4) is 0 Å². The summed E-state index contributed by atoms with van der Waals surface area (Å²) in [6.45, 7) is 0. The van der Waals surface area contributed by atoms with Crippen molar-refractivity contribution in [2.75, 3.05) is 19.1 Å². The van der Waals surface area contributed by atoms with E-state index < -0.39 is 0 Å². The van der Waals surface area contributed by atoms with Gasteiger partial charge in [0.15, 0.2) is 0 Å². The standard InChI is InChI=1S/C4H10N2OS/c1-5-6-4(7)3-8-2/h5H,3H2,1-2H3,(H,6,7). The number of rotatable bonds is 3. The van der Waals surface area contributed by atoms with Crippen LogP contribution in [0.5, 0.6) is 0 Å². The first-order valence-electron chi connectivity index (χ1n) is 2.25. The van der Waals surface area contributed by atoms with Gasteiger partial charge in [0.2, 0.25) is 5.91 Å². The Morgan fingerprint density at radius 2 is 2.38 bits per heavy atom. The third-order valence-electron chi connectivity index (χ3n) is 0.540. The van der Waals surface area contributed by atoms with Crippen LogP contribution in [0.25, 0.3) is 0 Å². The average Bonchev–Trinajstić information content (AvgIpc) is 1.68. The molecule has 0 rings (SSSR count). The summed E-state index contributed by atoms with van der Waals surface area (Å²) in [6.07, 6.45) is 1.88. The van der Waals surface area contributed by atoms with Gasteiger partial charge in [-0.1, -0.05) is 0 Å². The first kappa shape index (κ1) is 7.78. The van der Waals surface area contributed by atoms with Crippen LogP contribution in [0.2, 0.25) is 0 Å². The van der Waals surface area contributed by atoms with E-state index in [2.05, 4.69) is 10.9 Å². The zero-order valence-electron chi connectivity index (χ0n) is 5.02. The van der Waals surface area contributed by atoms with E-state index in [0.29, 0.717) is 5.75 Å². The summed E-state index contributed by atoms with van der Waals surface area (Å²) < 4.78 is 0. The van der Waals surface area contributed by atoms with Gasteiger partial charge in [-0.25, -0.2) is 5.43 Å². The molecule has 0 aliphatic carbocycles. The van der Waals surface area contributed by atoms with Gasteiger partial charge in [0.1, 0.15) is 0 Å². The zero-order chi connectivity index (χ0) is 6.41. The normalized spacial score (nSPS) is 8.75. The van der Waals surface area contributed by atoms with E-state index in [1.54, 1.807) is 7.05 Å². The first-order valence-corrected chi connectivity index (χ1v) is 3.65. The monoisotopic (exact) mass is 134 g/mol. The van der Waals surface area contributed by atoms with Crippen molar-refractivity contribution >= 4 is 17.7 Å². The van der Waals surface area contributed by atoms with Crippen molar-refractivity contribution in [1.29, 1.82) is 0 Å². The Kier molecular flexibility index (Phi) is 4.79. The maximum atomic E-state index is 10.4. The highest BCUT2D eigenvalue weighted by Crippen LogP contribution is 1.87. The number of nitrogens with one attached hydrogen (secondary N) is 2. The van der Waals surface area contributed by atoms with Gasteiger partial charge < -0.3 is 0 Å². The summed E-state index contributed by atoms with van der Waals surface area (Å²) in [5, 5.41) is 0. The van der Waals surface area contributed by atoms with Crippen molar-refractivity contribution < 1.29 is 4.79 Å². The van der Waals surface area contributed by atoms with Gasteiger partial charge in [0.25, 0.3) is 0 Å². The minimum absolute atomic E-state index is 0.0139. The van der Waals surface area contributed by atoms with Gasteiger partial charge in [-0.05, 0) is 6.26 Å². The lowest BCUT2D eigenvalue weighted by Crippen LogP contribution is -2.35. The highest BCUT2D eigenvalue weighted by Gasteiger charge is 1.93. The summed E-state index contributed by atoms with van der Waals surface area (Å²) >= 11 is 1.50. The second-order valence-electron chi connectivity index (χ2n) is 1.23. The average molecular weight is 134 g/mol. The van der Waals surface area contributed by atoms with Crippen molar-refractivity contribution in [3.63, 3.8) is 0 Å². The van der Waals surface area contributed by atoms with Crippen LogP contribution in [0.4, 0.5) is 0 Å². The molecule has 0 unspecified atom stereocenters. The maximum absolute atomic E-state index is 10.4. The Morgan fingerprint density at radius 1 is 1.75 bits per heavy atom. The fraction of sp³-hybridized carbons (Fsp3) is 0.750. The highest BCUT2D eigenvalue weighted by atomic mass is 32.2. The van der Waals surface area contributed by atoms with Crippen molar-refractivity contribution in [1.82, 2.24) is 10.9 Å². The van der Waals surface area contributed by atoms with Crippen molar-refractivity contribution in [3.8, 4) is 0 Å². The second-order valence-corrected chi connectivity index (χ2v) is 2.10. The van der Waals surface area contributed by atoms with Gasteiger partial charge in [0, 0.05) is 7.05 Å². The molecular formula is C4H10N2OS. The largest absolute Gasteiger partial charge is 0.291 e. The molecule has 48 valence electrons. The topological polar surface area (TPSA) is 41.1 Å². The molecule has 0 fully saturated rings. The van der Waals surface area contributed by atoms with Gasteiger partial charge in [0.05, 0.1) is 5.75 Å². The quantitative estimate of drug-likeness (QED) is 0.516. The van der Waals surface area contributed by atoms with E-state index in [1.807, 2.05) is 6.26 Å². The SMILES string of the molecule is CNNC(=O)CSC. The molecule has 0 bridgehead atoms. The van der Waals surface area contributed by atoms with E-state index in [-0.39, 0.29) is 5.91 Å². The number of hydrazine groups is 1. The number of carbonyl (C=O) groups excluding carboxylic acids is 1. The Balaban J connectivity index is 3.06. The molecule has 0 heterocycles. The first-order chi connectivity index (χ1) is 3.81. The summed E-state index contributed by atoms with van der Waals surface area (Å²) in [7, 11) is 1.66. The second kappa shape index (κ2) is 4.93. The minimum atomic E-state index is 0.0139. The van der Waals surface area contributed by atoms with Crippen LogP contribution >= 0.6 is 11.8 Å². The summed E-state index contributed by atoms with van der Waals surface area (Å²) in [4.78, 5) is 10.4. The van der Waals surface area contributed by atoms with E-state index in [1.165, 1.54) is 11.8 Å². The molecular weight excluding hydrogens is 124 g/mol. The molecule has 0 aliphatic rings. The highest BCUT2D eigenvalue weighted by molar-refractivity contribution is 7.99. The van der Waals surface area contributed by atoms with Crippen LogP contribution in [0.1, 0.15) is 0 Å². The number of carbonyl (C=O) groups is 1. The summed E-state index contributed by atoms with van der Waals surface area (Å²) in [6, 6.07) is 0. The Morgan fingerprint density at radius 3 is 2.75 bits per heavy atom. The lowest BCUT2D eigenvalue weighted by molar-refractivity contribution is -0.119. The number of hydrogen-bond acceptors (Lipinski definition) is 3. The maximum Gasteiger partial charge on any atom is 0.244 e. The molecule has 4 heteroatoms. The predicted octanol–water partition coefficient (Wildman–Crippen LogP) is -0.400. The molecule has 0 saturated heterocycles. The Labute approximate surface area is 53.2 Å². The van der Waals surface area contributed by atoms with Gasteiger partial charge in [-0.2, -0.15) is 11.8 Å². The van der Waals surface area contributed by atoms with Gasteiger partial charge in [-0.15, -0.1) is 0 Å². The smallest absolute Gasteiger partial charge is 0.244 e. The van der Waals surface area contributed by atoms with Crippen molar-refractivity contribution in [2.24, 2.45) is 0 Å². The lowest BCUT2D eigenvalue weighted by atomic mass is 10.7. The fourth-order valence-electron chi connectivity index (χ4n) is 0.307. The van der Waals surface area contributed by atoms with Gasteiger partial charge in [-0.3, -0.25) is 10.2 Å². The lowest BCUT2D eigenvalue weighted by Gasteiger charge is -1.97. The summed E-state index contributed by atoms with van der Waals surface area (Å²) in [5.41, 5.74) is 4.98. The van der Waals surface area contributed by atoms with Crippen molar-refractivity contribution in [2.45, 2.75) is 0 Å². The molecule has 0 aromatic rings. The molecule has 0 spiro atoms. The predicted molar refractivity (Wildman–Crippen MR) is 35.6 cm³/mol. The zero-order valence-corrected chi connectivity index (χ0v) is 5.84. The van der Waals surface area contributed by atoms with Crippen LogP contribution < -0.4 is 10.9 Å². The molecule has 1 amide bonds. The molecule has 0 saturated carbocycles. The molecule has 0 aromatic heterocycles. The fourth-order valence-corrected chi connectivity index (χ4v) is 0.641. The van der Waals surface area contributed by atoms with Gasteiger partial charge >= 0.3 is 0 Å². The molecule has 2 N–H and O–H groups in total. The number of thioether (sulfide) groups is 1. The van der Waals surface area contributed by atoms with Crippen LogP contribution in [0.15, 0.2) is 0 Å². The van der Waals surface area contributed by atoms with E-state index >= 15 is 0 Å².